The topological polar surface area (TPSA) is 6.48 Å². The van der Waals surface area contributed by atoms with Crippen molar-refractivity contribution in [2.24, 2.45) is 11.8 Å². The maximum atomic E-state index is 2.78. The van der Waals surface area contributed by atoms with E-state index in [1.165, 1.54) is 67.0 Å². The number of aryl methyl sites for hydroxylation is 6. The Labute approximate surface area is 265 Å². The molecule has 4 aromatic carbocycles. The largest absolute Gasteiger partial charge is 0.347 e. The maximum Gasteiger partial charge on any atom is 0.0914 e. The molecule has 0 radical (unpaired) electrons. The van der Waals surface area contributed by atoms with Crippen molar-refractivity contribution in [2.45, 2.75) is 73.9 Å². The Hall–Kier alpha value is -4.04. The molecule has 0 saturated carbocycles. The number of anilines is 1. The van der Waals surface area contributed by atoms with E-state index in [9.17, 15) is 0 Å². The van der Waals surface area contributed by atoms with Crippen molar-refractivity contribution in [1.29, 1.82) is 0 Å². The van der Waals surface area contributed by atoms with Gasteiger partial charge in [-0.1, -0.05) is 122 Å². The SMILES string of the molecule is Cc1cc(C)c(C2=C(N3CN(c4c(C)cc(C)cc4C)[C@@H](c4ccccc4)[C@@H]3c3ccccc3)C[C@@H](C(C)C)C=C2)c(C)c1. The van der Waals surface area contributed by atoms with Crippen LogP contribution in [0.15, 0.2) is 103 Å². The molecule has 2 heteroatoms. The van der Waals surface area contributed by atoms with Crippen molar-refractivity contribution < 1.29 is 0 Å². The van der Waals surface area contributed by atoms with Crippen molar-refractivity contribution in [3.63, 3.8) is 0 Å². The highest BCUT2D eigenvalue weighted by Gasteiger charge is 2.45. The Morgan fingerprint density at radius 3 is 1.59 bits per heavy atom. The third-order valence-electron chi connectivity index (χ3n) is 9.88. The second-order valence-electron chi connectivity index (χ2n) is 13.6. The van der Waals surface area contributed by atoms with E-state index < -0.39 is 0 Å². The Bertz CT molecular complexity index is 1660. The number of nitrogens with zero attached hydrogens (tertiary/aromatic N) is 2. The first-order valence-electron chi connectivity index (χ1n) is 16.3. The van der Waals surface area contributed by atoms with Crippen LogP contribution in [0.3, 0.4) is 0 Å². The number of allylic oxidation sites excluding steroid dienone is 4. The van der Waals surface area contributed by atoms with Crippen LogP contribution in [-0.2, 0) is 0 Å². The highest BCUT2D eigenvalue weighted by molar-refractivity contribution is 5.81. The van der Waals surface area contributed by atoms with Crippen LogP contribution >= 0.6 is 0 Å². The molecule has 6 rings (SSSR count). The fourth-order valence-electron chi connectivity index (χ4n) is 8.07. The second-order valence-corrected chi connectivity index (χ2v) is 13.6. The third-order valence-corrected chi connectivity index (χ3v) is 9.88. The predicted octanol–water partition coefficient (Wildman–Crippen LogP) is 10.7. The van der Waals surface area contributed by atoms with E-state index in [0.29, 0.717) is 11.8 Å². The Balaban J connectivity index is 1.63. The molecule has 0 unspecified atom stereocenters. The fourth-order valence-corrected chi connectivity index (χ4v) is 8.07. The van der Waals surface area contributed by atoms with E-state index in [4.69, 9.17) is 0 Å². The van der Waals surface area contributed by atoms with Crippen LogP contribution in [0, 0.1) is 53.4 Å². The van der Waals surface area contributed by atoms with Gasteiger partial charge in [-0.3, -0.25) is 0 Å². The lowest BCUT2D eigenvalue weighted by Gasteiger charge is -2.36. The zero-order valence-corrected chi connectivity index (χ0v) is 27.9. The standard InChI is InChI=1S/C42H48N2/c1-27(2)36-19-20-37(39-30(5)21-28(3)22-31(39)6)38(25-36)43-26-44(40-32(7)23-29(4)24-33(40)8)42(35-17-13-10-14-18-35)41(43)34-15-11-9-12-16-34/h9-24,27,36,41-42H,25-26H2,1-8H3/t36-,41-,42-/m0/s1. The lowest BCUT2D eigenvalue weighted by atomic mass is 9.81. The van der Waals surface area contributed by atoms with E-state index in [1.807, 2.05) is 0 Å². The normalized spacial score (nSPS) is 20.2. The summed E-state index contributed by atoms with van der Waals surface area (Å²) in [5.41, 5.74) is 16.4. The van der Waals surface area contributed by atoms with Crippen LogP contribution in [0.1, 0.15) is 82.4 Å². The summed E-state index contributed by atoms with van der Waals surface area (Å²) in [5.74, 6) is 1.08. The lowest BCUT2D eigenvalue weighted by molar-refractivity contribution is 0.284. The van der Waals surface area contributed by atoms with Crippen LogP contribution in [-0.4, -0.2) is 11.6 Å². The lowest BCUT2D eigenvalue weighted by Crippen LogP contribution is -2.30. The van der Waals surface area contributed by atoms with Crippen LogP contribution < -0.4 is 4.90 Å². The first-order valence-corrected chi connectivity index (χ1v) is 16.3. The summed E-state index contributed by atoms with van der Waals surface area (Å²) < 4.78 is 0. The monoisotopic (exact) mass is 580 g/mol. The smallest absolute Gasteiger partial charge is 0.0914 e. The molecule has 1 fully saturated rings. The Kier molecular flexibility index (Phi) is 8.29. The molecule has 2 nitrogen and oxygen atoms in total. The van der Waals surface area contributed by atoms with Gasteiger partial charge in [0.2, 0.25) is 0 Å². The second kappa shape index (κ2) is 12.2. The van der Waals surface area contributed by atoms with Gasteiger partial charge in [0.15, 0.2) is 0 Å². The molecule has 1 aliphatic carbocycles. The molecule has 3 atom stereocenters. The highest BCUT2D eigenvalue weighted by Crippen LogP contribution is 2.52. The van der Waals surface area contributed by atoms with Gasteiger partial charge in [0.25, 0.3) is 0 Å². The molecule has 1 saturated heterocycles. The van der Waals surface area contributed by atoms with Gasteiger partial charge in [0.05, 0.1) is 18.8 Å². The van der Waals surface area contributed by atoms with E-state index in [1.54, 1.807) is 0 Å². The average molecular weight is 581 g/mol. The number of rotatable bonds is 6. The summed E-state index contributed by atoms with van der Waals surface area (Å²) in [7, 11) is 0. The van der Waals surface area contributed by atoms with Gasteiger partial charge in [0, 0.05) is 17.0 Å². The summed E-state index contributed by atoms with van der Waals surface area (Å²) in [6, 6.07) is 32.2. The minimum atomic E-state index is 0.161. The minimum Gasteiger partial charge on any atom is -0.347 e. The average Bonchev–Trinajstić information content (AvgIpc) is 3.37. The van der Waals surface area contributed by atoms with Crippen LogP contribution in [0.25, 0.3) is 5.57 Å². The highest BCUT2D eigenvalue weighted by atomic mass is 15.4. The van der Waals surface area contributed by atoms with Gasteiger partial charge in [-0.25, -0.2) is 0 Å². The van der Waals surface area contributed by atoms with Crippen molar-refractivity contribution in [1.82, 2.24) is 4.90 Å². The first-order chi connectivity index (χ1) is 21.1. The zero-order valence-electron chi connectivity index (χ0n) is 27.9. The van der Waals surface area contributed by atoms with Crippen molar-refractivity contribution in [2.75, 3.05) is 11.6 Å². The minimum absolute atomic E-state index is 0.161. The molecular formula is C42H48N2. The molecule has 0 amide bonds. The van der Waals surface area contributed by atoms with Gasteiger partial charge in [-0.2, -0.15) is 0 Å². The van der Waals surface area contributed by atoms with Crippen LogP contribution in [0.5, 0.6) is 0 Å². The predicted molar refractivity (Wildman–Crippen MR) is 188 cm³/mol. The van der Waals surface area contributed by atoms with Crippen molar-refractivity contribution in [3.8, 4) is 0 Å². The van der Waals surface area contributed by atoms with Gasteiger partial charge < -0.3 is 9.80 Å². The maximum absolute atomic E-state index is 2.78. The van der Waals surface area contributed by atoms with Crippen molar-refractivity contribution >= 4 is 11.3 Å². The van der Waals surface area contributed by atoms with Gasteiger partial charge in [0.1, 0.15) is 0 Å². The van der Waals surface area contributed by atoms with Crippen LogP contribution in [0.2, 0.25) is 0 Å². The van der Waals surface area contributed by atoms with Gasteiger partial charge >= 0.3 is 0 Å². The van der Waals surface area contributed by atoms with Crippen molar-refractivity contribution in [3.05, 3.63) is 153 Å². The van der Waals surface area contributed by atoms with E-state index in [0.717, 1.165) is 13.1 Å². The molecule has 4 aromatic rings. The summed E-state index contributed by atoms with van der Waals surface area (Å²) in [6.07, 6.45) is 5.98. The molecule has 0 bridgehead atoms. The molecule has 0 N–H and O–H groups in total. The zero-order chi connectivity index (χ0) is 31.1. The number of hydrogen-bond donors (Lipinski definition) is 0. The van der Waals surface area contributed by atoms with Crippen LogP contribution in [0.4, 0.5) is 5.69 Å². The summed E-state index contributed by atoms with van der Waals surface area (Å²) in [5, 5.41) is 0. The Morgan fingerprint density at radius 2 is 1.09 bits per heavy atom. The molecule has 1 heterocycles. The number of benzene rings is 4. The Morgan fingerprint density at radius 1 is 0.614 bits per heavy atom. The molecule has 44 heavy (non-hydrogen) atoms. The van der Waals surface area contributed by atoms with E-state index >= 15 is 0 Å². The molecule has 2 aliphatic rings. The fraction of sp³-hybridized carbons (Fsp3) is 0.333. The quantitative estimate of drug-likeness (QED) is 0.224. The van der Waals surface area contributed by atoms with Gasteiger partial charge in [-0.05, 0) is 98.7 Å². The molecule has 0 aromatic heterocycles. The molecule has 1 aliphatic heterocycles. The summed E-state index contributed by atoms with van der Waals surface area (Å²) in [4.78, 5) is 5.48. The molecule has 0 spiro atoms. The molecule has 226 valence electrons. The van der Waals surface area contributed by atoms with E-state index in [-0.39, 0.29) is 12.1 Å². The summed E-state index contributed by atoms with van der Waals surface area (Å²) >= 11 is 0. The first kappa shape index (κ1) is 30.0. The van der Waals surface area contributed by atoms with E-state index in [2.05, 4.69) is 162 Å². The van der Waals surface area contributed by atoms with Gasteiger partial charge in [-0.15, -0.1) is 0 Å². The molecular weight excluding hydrogens is 532 g/mol. The third kappa shape index (κ3) is 5.52. The summed E-state index contributed by atoms with van der Waals surface area (Å²) in [6.45, 7) is 19.2. The number of hydrogen-bond acceptors (Lipinski definition) is 2.